The Kier molecular flexibility index (Phi) is 4.31. The molecule has 1 saturated carbocycles. The predicted molar refractivity (Wildman–Crippen MR) is 118 cm³/mol. The second-order valence-corrected chi connectivity index (χ2v) is 9.20. The topological polar surface area (TPSA) is 82.9 Å². The summed E-state index contributed by atoms with van der Waals surface area (Å²) < 4.78 is 1.90. The monoisotopic (exact) mass is 437 g/mol. The zero-order valence-corrected chi connectivity index (χ0v) is 17.9. The average Bonchev–Trinajstić information content (AvgIpc) is 3.18. The van der Waals surface area contributed by atoms with Crippen molar-refractivity contribution in [2.75, 3.05) is 31.1 Å². The average molecular weight is 438 g/mol. The first-order chi connectivity index (χ1) is 15.1. The summed E-state index contributed by atoms with van der Waals surface area (Å²) in [7, 11) is 0. The van der Waals surface area contributed by atoms with Crippen LogP contribution in [0.1, 0.15) is 31.5 Å². The molecule has 0 radical (unpaired) electrons. The summed E-state index contributed by atoms with van der Waals surface area (Å²) >= 11 is 6.08. The molecule has 9 heteroatoms. The Morgan fingerprint density at radius 3 is 2.77 bits per heavy atom. The van der Waals surface area contributed by atoms with Gasteiger partial charge >= 0.3 is 0 Å². The number of rotatable bonds is 4. The van der Waals surface area contributed by atoms with Gasteiger partial charge in [0.1, 0.15) is 17.2 Å². The maximum Gasteiger partial charge on any atom is 0.228 e. The Morgan fingerprint density at radius 2 is 2.03 bits per heavy atom. The molecule has 3 aliphatic rings. The number of carbonyl (C=O) groups excluding carboxylic acids is 1. The maximum absolute atomic E-state index is 12.9. The second-order valence-electron chi connectivity index (χ2n) is 8.76. The Labute approximate surface area is 184 Å². The van der Waals surface area contributed by atoms with Gasteiger partial charge in [0.2, 0.25) is 5.91 Å². The number of anilines is 1. The first-order valence-corrected chi connectivity index (χ1v) is 11.3. The van der Waals surface area contributed by atoms with Crippen LogP contribution in [-0.4, -0.2) is 61.7 Å². The van der Waals surface area contributed by atoms with Crippen molar-refractivity contribution in [2.45, 2.75) is 31.2 Å². The molecule has 1 saturated heterocycles. The molecule has 3 aromatic rings. The molecule has 0 bridgehead atoms. The number of H-pyrrole nitrogens is 1. The summed E-state index contributed by atoms with van der Waals surface area (Å²) in [4.78, 5) is 30.1. The molecule has 6 rings (SSSR count). The van der Waals surface area contributed by atoms with E-state index in [0.717, 1.165) is 62.5 Å². The van der Waals surface area contributed by atoms with Crippen LogP contribution in [0, 0.1) is 5.92 Å². The zero-order chi connectivity index (χ0) is 21.0. The number of fused-ring (bicyclic) bond motifs is 1. The van der Waals surface area contributed by atoms with Crippen LogP contribution >= 0.6 is 11.6 Å². The number of hydrogen-bond acceptors (Lipinski definition) is 5. The lowest BCUT2D eigenvalue weighted by Crippen LogP contribution is -2.44. The number of amides is 1. The van der Waals surface area contributed by atoms with E-state index in [2.05, 4.69) is 27.1 Å². The number of aromatic nitrogens is 5. The van der Waals surface area contributed by atoms with E-state index in [1.165, 1.54) is 0 Å². The molecule has 2 aliphatic heterocycles. The number of nitrogens with zero attached hydrogens (tertiary/aromatic N) is 6. The first kappa shape index (κ1) is 18.9. The van der Waals surface area contributed by atoms with Crippen molar-refractivity contribution in [1.82, 2.24) is 29.6 Å². The number of pyridine rings is 1. The van der Waals surface area contributed by atoms with Crippen molar-refractivity contribution >= 4 is 34.5 Å². The van der Waals surface area contributed by atoms with E-state index in [1.54, 1.807) is 6.20 Å². The molecule has 5 heterocycles. The Hall–Kier alpha value is -2.87. The SMILES string of the molecule is O=C(C1CCCN(c2ccc3[nH]c(C4(n5cc(Cl)cn5)CC4)nc3n2)C1)N1CC=CC1. The molecule has 1 N–H and O–H groups in total. The number of carbonyl (C=O) groups is 1. The highest BCUT2D eigenvalue weighted by Gasteiger charge is 2.50. The van der Waals surface area contributed by atoms with Crippen molar-refractivity contribution in [1.29, 1.82) is 0 Å². The van der Waals surface area contributed by atoms with E-state index in [1.807, 2.05) is 27.9 Å². The fraction of sp³-hybridized carbons (Fsp3) is 0.455. The fourth-order valence-electron chi connectivity index (χ4n) is 4.81. The molecule has 1 unspecified atom stereocenters. The maximum atomic E-state index is 12.9. The summed E-state index contributed by atoms with van der Waals surface area (Å²) in [6.45, 7) is 3.09. The van der Waals surface area contributed by atoms with Gasteiger partial charge in [-0.3, -0.25) is 9.48 Å². The van der Waals surface area contributed by atoms with Crippen LogP contribution in [0.15, 0.2) is 36.7 Å². The fourth-order valence-corrected chi connectivity index (χ4v) is 4.95. The van der Waals surface area contributed by atoms with Gasteiger partial charge in [-0.05, 0) is 37.8 Å². The van der Waals surface area contributed by atoms with Gasteiger partial charge in [-0.25, -0.2) is 9.97 Å². The van der Waals surface area contributed by atoms with Crippen molar-refractivity contribution in [3.05, 3.63) is 47.5 Å². The summed E-state index contributed by atoms with van der Waals surface area (Å²) in [5, 5.41) is 5.03. The predicted octanol–water partition coefficient (Wildman–Crippen LogP) is 2.96. The first-order valence-electron chi connectivity index (χ1n) is 10.9. The molecule has 2 fully saturated rings. The Morgan fingerprint density at radius 1 is 1.19 bits per heavy atom. The molecule has 160 valence electrons. The van der Waals surface area contributed by atoms with Crippen molar-refractivity contribution in [2.24, 2.45) is 5.92 Å². The molecular formula is C22H24ClN7O. The Balaban J connectivity index is 1.24. The third-order valence-corrected chi connectivity index (χ3v) is 6.90. The number of aromatic amines is 1. The van der Waals surface area contributed by atoms with Gasteiger partial charge in [-0.1, -0.05) is 23.8 Å². The van der Waals surface area contributed by atoms with Crippen LogP contribution < -0.4 is 4.90 Å². The van der Waals surface area contributed by atoms with Crippen molar-refractivity contribution < 1.29 is 4.79 Å². The normalized spacial score (nSPS) is 22.4. The molecule has 3 aromatic heterocycles. The van der Waals surface area contributed by atoms with E-state index < -0.39 is 0 Å². The van der Waals surface area contributed by atoms with Crippen molar-refractivity contribution in [3.63, 3.8) is 0 Å². The van der Waals surface area contributed by atoms with Crippen LogP contribution in [0.3, 0.4) is 0 Å². The lowest BCUT2D eigenvalue weighted by Gasteiger charge is -2.34. The summed E-state index contributed by atoms with van der Waals surface area (Å²) in [5.74, 6) is 2.04. The summed E-state index contributed by atoms with van der Waals surface area (Å²) in [5.41, 5.74) is 1.37. The summed E-state index contributed by atoms with van der Waals surface area (Å²) in [6.07, 6.45) is 11.5. The highest BCUT2D eigenvalue weighted by Crippen LogP contribution is 2.48. The van der Waals surface area contributed by atoms with Crippen LogP contribution in [-0.2, 0) is 10.3 Å². The molecular weight excluding hydrogens is 414 g/mol. The standard InChI is InChI=1S/C22H24ClN7O/c23-16-12-24-30(14-16)22(7-8-22)21-25-17-5-6-18(26-19(17)27-21)29-11-3-4-15(13-29)20(31)28-9-1-2-10-28/h1-2,5-6,12,14-15H,3-4,7-11,13H2,(H,25,26,27). The second kappa shape index (κ2) is 7.09. The van der Waals surface area contributed by atoms with Gasteiger partial charge in [0, 0.05) is 32.4 Å². The third-order valence-electron chi connectivity index (χ3n) is 6.71. The highest BCUT2D eigenvalue weighted by atomic mass is 35.5. The number of imidazole rings is 1. The summed E-state index contributed by atoms with van der Waals surface area (Å²) in [6, 6.07) is 4.06. The minimum Gasteiger partial charge on any atom is -0.356 e. The van der Waals surface area contributed by atoms with E-state index in [0.29, 0.717) is 17.2 Å². The quantitative estimate of drug-likeness (QED) is 0.634. The smallest absolute Gasteiger partial charge is 0.228 e. The lowest BCUT2D eigenvalue weighted by atomic mass is 9.96. The lowest BCUT2D eigenvalue weighted by molar-refractivity contribution is -0.134. The van der Waals surface area contributed by atoms with E-state index >= 15 is 0 Å². The van der Waals surface area contributed by atoms with Crippen LogP contribution in [0.5, 0.6) is 0 Å². The van der Waals surface area contributed by atoms with Crippen molar-refractivity contribution in [3.8, 4) is 0 Å². The third kappa shape index (κ3) is 3.20. The molecule has 0 aromatic carbocycles. The van der Waals surface area contributed by atoms with Gasteiger partial charge in [-0.15, -0.1) is 0 Å². The van der Waals surface area contributed by atoms with Gasteiger partial charge < -0.3 is 14.8 Å². The number of piperidine rings is 1. The van der Waals surface area contributed by atoms with E-state index in [-0.39, 0.29) is 17.4 Å². The highest BCUT2D eigenvalue weighted by molar-refractivity contribution is 6.30. The number of nitrogens with one attached hydrogen (secondary N) is 1. The van der Waals surface area contributed by atoms with Crippen LogP contribution in [0.4, 0.5) is 5.82 Å². The van der Waals surface area contributed by atoms with Crippen LogP contribution in [0.25, 0.3) is 11.2 Å². The molecule has 1 atom stereocenters. The van der Waals surface area contributed by atoms with Gasteiger partial charge in [0.15, 0.2) is 5.65 Å². The van der Waals surface area contributed by atoms with Gasteiger partial charge in [-0.2, -0.15) is 5.10 Å². The molecule has 1 amide bonds. The molecule has 0 spiro atoms. The number of hydrogen-bond donors (Lipinski definition) is 1. The van der Waals surface area contributed by atoms with E-state index in [9.17, 15) is 4.79 Å². The van der Waals surface area contributed by atoms with E-state index in [4.69, 9.17) is 21.6 Å². The number of halogens is 1. The molecule has 1 aliphatic carbocycles. The Bertz CT molecular complexity index is 1170. The zero-order valence-electron chi connectivity index (χ0n) is 17.2. The minimum atomic E-state index is -0.250. The molecule has 31 heavy (non-hydrogen) atoms. The van der Waals surface area contributed by atoms with Crippen LogP contribution in [0.2, 0.25) is 5.02 Å². The largest absolute Gasteiger partial charge is 0.356 e. The van der Waals surface area contributed by atoms with Gasteiger partial charge in [0.05, 0.1) is 22.7 Å². The van der Waals surface area contributed by atoms with Gasteiger partial charge in [0.25, 0.3) is 0 Å². The molecule has 8 nitrogen and oxygen atoms in total. The minimum absolute atomic E-state index is 0.0280.